The smallest absolute Gasteiger partial charge is 0.139 e. The Hall–Kier alpha value is -2.34. The molecule has 0 spiro atoms. The molecule has 2 heterocycles. The molecule has 132 valence electrons. The van der Waals surface area contributed by atoms with E-state index in [1.165, 1.54) is 17.0 Å². The molecule has 1 aliphatic heterocycles. The largest absolute Gasteiger partial charge is 0.510 e. The van der Waals surface area contributed by atoms with Gasteiger partial charge in [0.15, 0.2) is 0 Å². The minimum atomic E-state index is 0.214. The number of hydrogen-bond donors (Lipinski definition) is 2. The van der Waals surface area contributed by atoms with Crippen molar-refractivity contribution in [1.82, 2.24) is 4.98 Å². The number of hydrogen-bond acceptors (Lipinski definition) is 5. The molecule has 0 aliphatic carbocycles. The van der Waals surface area contributed by atoms with E-state index in [4.69, 9.17) is 5.41 Å². The van der Waals surface area contributed by atoms with E-state index in [1.807, 2.05) is 30.9 Å². The predicted molar refractivity (Wildman–Crippen MR) is 106 cm³/mol. The van der Waals surface area contributed by atoms with Crippen LogP contribution in [0.5, 0.6) is 0 Å². The van der Waals surface area contributed by atoms with Crippen molar-refractivity contribution in [1.29, 1.82) is 5.41 Å². The van der Waals surface area contributed by atoms with Crippen molar-refractivity contribution in [2.75, 3.05) is 29.4 Å². The average molecular weight is 356 g/mol. The van der Waals surface area contributed by atoms with E-state index < -0.39 is 0 Å². The molecule has 3 rings (SSSR count). The first-order valence-electron chi connectivity index (χ1n) is 8.54. The number of aryl methyl sites for hydroxylation is 2. The van der Waals surface area contributed by atoms with Crippen molar-refractivity contribution in [3.63, 3.8) is 0 Å². The third kappa shape index (κ3) is 3.14. The molecule has 0 fully saturated rings. The van der Waals surface area contributed by atoms with Gasteiger partial charge in [-0.25, -0.2) is 4.98 Å². The van der Waals surface area contributed by atoms with Gasteiger partial charge < -0.3 is 14.9 Å². The summed E-state index contributed by atoms with van der Waals surface area (Å²) in [6.07, 6.45) is 0. The lowest BCUT2D eigenvalue weighted by molar-refractivity contribution is 0.411. The highest BCUT2D eigenvalue weighted by molar-refractivity contribution is 7.13. The highest BCUT2D eigenvalue weighted by atomic mass is 32.1. The fourth-order valence-electron chi connectivity index (χ4n) is 3.04. The molecule has 0 amide bonds. The molecule has 2 aromatic rings. The first kappa shape index (κ1) is 17.5. The molecule has 5 nitrogen and oxygen atoms in total. The lowest BCUT2D eigenvalue weighted by Gasteiger charge is -2.23. The van der Waals surface area contributed by atoms with E-state index in [9.17, 15) is 5.11 Å². The quantitative estimate of drug-likeness (QED) is 0.835. The summed E-state index contributed by atoms with van der Waals surface area (Å²) in [4.78, 5) is 9.72. The van der Waals surface area contributed by atoms with Gasteiger partial charge in [0.05, 0.1) is 17.8 Å². The number of aliphatic hydroxyl groups is 1. The van der Waals surface area contributed by atoms with E-state index in [-0.39, 0.29) is 5.76 Å². The third-order valence-corrected chi connectivity index (χ3v) is 5.73. The number of rotatable bonds is 5. The predicted octanol–water partition coefficient (Wildman–Crippen LogP) is 4.37. The molecule has 25 heavy (non-hydrogen) atoms. The number of anilines is 2. The van der Waals surface area contributed by atoms with Gasteiger partial charge in [0.1, 0.15) is 16.6 Å². The number of benzene rings is 1. The SMILES string of the molecule is CCN(CC)c1ccc(N2CC(O)=C(c3nc(C)c(C)s3)C2=N)cc1. The molecule has 0 bridgehead atoms. The molecule has 0 saturated heterocycles. The Kier molecular flexibility index (Phi) is 4.81. The average Bonchev–Trinajstić information content (AvgIpc) is 3.08. The van der Waals surface area contributed by atoms with Crippen LogP contribution in [-0.2, 0) is 0 Å². The van der Waals surface area contributed by atoms with Gasteiger partial charge in [-0.2, -0.15) is 0 Å². The number of nitrogens with one attached hydrogen (secondary N) is 1. The molecule has 1 aliphatic rings. The van der Waals surface area contributed by atoms with E-state index in [2.05, 4.69) is 35.9 Å². The first-order chi connectivity index (χ1) is 12.0. The highest BCUT2D eigenvalue weighted by Gasteiger charge is 2.31. The van der Waals surface area contributed by atoms with E-state index >= 15 is 0 Å². The first-order valence-corrected chi connectivity index (χ1v) is 9.35. The van der Waals surface area contributed by atoms with E-state index in [1.54, 1.807) is 0 Å². The highest BCUT2D eigenvalue weighted by Crippen LogP contribution is 2.34. The molecule has 6 heteroatoms. The second-order valence-electron chi connectivity index (χ2n) is 6.11. The summed E-state index contributed by atoms with van der Waals surface area (Å²) in [7, 11) is 0. The summed E-state index contributed by atoms with van der Waals surface area (Å²) in [5.74, 6) is 0.522. The van der Waals surface area contributed by atoms with Crippen molar-refractivity contribution in [3.05, 3.63) is 45.6 Å². The molecule has 0 radical (unpaired) electrons. The van der Waals surface area contributed by atoms with Gasteiger partial charge in [-0.3, -0.25) is 5.41 Å². The maximum Gasteiger partial charge on any atom is 0.139 e. The van der Waals surface area contributed by atoms with Crippen molar-refractivity contribution in [2.45, 2.75) is 27.7 Å². The lowest BCUT2D eigenvalue weighted by atomic mass is 10.2. The van der Waals surface area contributed by atoms with Crippen LogP contribution in [0.1, 0.15) is 29.4 Å². The van der Waals surface area contributed by atoms with Crippen LogP contribution in [0.25, 0.3) is 5.57 Å². The van der Waals surface area contributed by atoms with Gasteiger partial charge in [0.25, 0.3) is 0 Å². The van der Waals surface area contributed by atoms with Crippen LogP contribution in [-0.4, -0.2) is 35.6 Å². The van der Waals surface area contributed by atoms with Crippen molar-refractivity contribution < 1.29 is 5.11 Å². The molecule has 1 aromatic carbocycles. The topological polar surface area (TPSA) is 63.5 Å². The van der Waals surface area contributed by atoms with Gasteiger partial charge >= 0.3 is 0 Å². The van der Waals surface area contributed by atoms with Crippen molar-refractivity contribution in [3.8, 4) is 0 Å². The van der Waals surface area contributed by atoms with E-state index in [0.717, 1.165) is 34.4 Å². The second-order valence-corrected chi connectivity index (χ2v) is 7.31. The normalized spacial score (nSPS) is 14.6. The Labute approximate surface area is 152 Å². The van der Waals surface area contributed by atoms with Crippen LogP contribution in [0.3, 0.4) is 0 Å². The Morgan fingerprint density at radius 3 is 2.36 bits per heavy atom. The number of amidine groups is 1. The number of thiazole rings is 1. The summed E-state index contributed by atoms with van der Waals surface area (Å²) < 4.78 is 0. The Morgan fingerprint density at radius 1 is 1.20 bits per heavy atom. The Bertz CT molecular complexity index is 799. The monoisotopic (exact) mass is 356 g/mol. The van der Waals surface area contributed by atoms with Gasteiger partial charge in [-0.15, -0.1) is 11.3 Å². The maximum atomic E-state index is 10.4. The zero-order chi connectivity index (χ0) is 18.1. The van der Waals surface area contributed by atoms with Crippen LogP contribution < -0.4 is 9.80 Å². The molecule has 0 unspecified atom stereocenters. The molecule has 0 saturated carbocycles. The summed E-state index contributed by atoms with van der Waals surface area (Å²) in [6.45, 7) is 10.5. The zero-order valence-electron chi connectivity index (χ0n) is 15.1. The fraction of sp³-hybridized carbons (Fsp3) is 0.368. The van der Waals surface area contributed by atoms with Gasteiger partial charge in [-0.1, -0.05) is 0 Å². The van der Waals surface area contributed by atoms with Crippen molar-refractivity contribution in [2.24, 2.45) is 0 Å². The number of aliphatic hydroxyl groups excluding tert-OH is 1. The standard InChI is InChI=1S/C19H24N4OS/c1-5-22(6-2)14-7-9-15(10-8-14)23-11-16(24)17(18(23)20)19-21-12(3)13(4)25-19/h7-10,20,24H,5-6,11H2,1-4H3. The zero-order valence-corrected chi connectivity index (χ0v) is 15.9. The minimum Gasteiger partial charge on any atom is -0.510 e. The molecular weight excluding hydrogens is 332 g/mol. The van der Waals surface area contributed by atoms with Crippen LogP contribution >= 0.6 is 11.3 Å². The minimum absolute atomic E-state index is 0.214. The summed E-state index contributed by atoms with van der Waals surface area (Å²) in [5, 5.41) is 19.7. The summed E-state index contributed by atoms with van der Waals surface area (Å²) in [5.41, 5.74) is 3.58. The van der Waals surface area contributed by atoms with Gasteiger partial charge in [0.2, 0.25) is 0 Å². The van der Waals surface area contributed by atoms with Crippen LogP contribution in [0.4, 0.5) is 11.4 Å². The Morgan fingerprint density at radius 2 is 1.84 bits per heavy atom. The van der Waals surface area contributed by atoms with Crippen LogP contribution in [0.2, 0.25) is 0 Å². The molecular formula is C19H24N4OS. The van der Waals surface area contributed by atoms with Crippen LogP contribution in [0.15, 0.2) is 30.0 Å². The van der Waals surface area contributed by atoms with Crippen LogP contribution in [0, 0.1) is 19.3 Å². The van der Waals surface area contributed by atoms with Gasteiger partial charge in [-0.05, 0) is 52.0 Å². The lowest BCUT2D eigenvalue weighted by Crippen LogP contribution is -2.26. The maximum absolute atomic E-state index is 10.4. The summed E-state index contributed by atoms with van der Waals surface area (Å²) in [6, 6.07) is 8.16. The Balaban J connectivity index is 1.85. The fourth-order valence-corrected chi connectivity index (χ4v) is 4.02. The molecule has 0 atom stereocenters. The van der Waals surface area contributed by atoms with Crippen molar-refractivity contribution >= 4 is 34.1 Å². The molecule has 1 aromatic heterocycles. The number of nitrogens with zero attached hydrogens (tertiary/aromatic N) is 3. The van der Waals surface area contributed by atoms with Gasteiger partial charge in [0, 0.05) is 29.3 Å². The summed E-state index contributed by atoms with van der Waals surface area (Å²) >= 11 is 1.53. The molecule has 2 N–H and O–H groups in total. The van der Waals surface area contributed by atoms with E-state index in [0.29, 0.717) is 18.0 Å². The number of aromatic nitrogens is 1. The third-order valence-electron chi connectivity index (χ3n) is 4.64. The second kappa shape index (κ2) is 6.88.